The van der Waals surface area contributed by atoms with E-state index in [-0.39, 0.29) is 25.1 Å². The van der Waals surface area contributed by atoms with E-state index in [2.05, 4.69) is 16.3 Å². The third-order valence-corrected chi connectivity index (χ3v) is 6.56. The van der Waals surface area contributed by atoms with Crippen molar-refractivity contribution in [3.05, 3.63) is 53.6 Å². The lowest BCUT2D eigenvalue weighted by molar-refractivity contribution is -0.158. The number of rotatable bonds is 5. The van der Waals surface area contributed by atoms with Crippen LogP contribution < -0.4 is 0 Å². The van der Waals surface area contributed by atoms with Gasteiger partial charge in [-0.25, -0.2) is 18.6 Å². The molecule has 4 aromatic rings. The highest BCUT2D eigenvalue weighted by molar-refractivity contribution is 5.94. The first-order chi connectivity index (χ1) is 15.6. The lowest BCUT2D eigenvalue weighted by Crippen LogP contribution is -2.46. The Labute approximate surface area is 187 Å². The van der Waals surface area contributed by atoms with Gasteiger partial charge in [-0.1, -0.05) is 13.8 Å². The number of hydrogen-bond donors (Lipinski definition) is 2. The number of carboxylic acid groups (broad SMARTS) is 1. The Bertz CT molecular complexity index is 1440. The molecule has 0 bridgehead atoms. The van der Waals surface area contributed by atoms with Gasteiger partial charge < -0.3 is 9.67 Å². The maximum absolute atomic E-state index is 14.8. The Morgan fingerprint density at radius 2 is 2.06 bits per heavy atom. The number of hydrogen-bond acceptors (Lipinski definition) is 4. The topological polar surface area (TPSA) is 108 Å². The molecule has 1 saturated carbocycles. The minimum atomic E-state index is -2.29. The quantitative estimate of drug-likeness (QED) is 0.450. The molecule has 0 unspecified atom stereocenters. The van der Waals surface area contributed by atoms with Gasteiger partial charge in [-0.05, 0) is 49.1 Å². The van der Waals surface area contributed by atoms with E-state index >= 15 is 0 Å². The number of carboxylic acids is 1. The largest absolute Gasteiger partial charge is 0.479 e. The molecule has 1 fully saturated rings. The number of alkyl halides is 1. The summed E-state index contributed by atoms with van der Waals surface area (Å²) in [5.74, 6) is -2.25. The third-order valence-electron chi connectivity index (χ3n) is 6.56. The first-order valence-electron chi connectivity index (χ1n) is 10.6. The molecule has 0 spiro atoms. The fraction of sp³-hybridized carbons (Fsp3) is 0.333. The van der Waals surface area contributed by atoms with E-state index in [1.165, 1.54) is 12.1 Å². The number of halogens is 2. The second-order valence-corrected chi connectivity index (χ2v) is 9.33. The summed E-state index contributed by atoms with van der Waals surface area (Å²) in [5.41, 5.74) is 1.02. The Balaban J connectivity index is 1.86. The van der Waals surface area contributed by atoms with Gasteiger partial charge in [0.15, 0.2) is 5.65 Å². The summed E-state index contributed by atoms with van der Waals surface area (Å²) in [6.45, 7) is 3.83. The van der Waals surface area contributed by atoms with E-state index < -0.39 is 23.0 Å². The standard InChI is InChI=1S/C24H21F2N5O2/c1-23(2,7-8-27)20-18(14-10-24(26,11-14)22(32)33)19-17(9-13-12-28-30-21(13)29-19)31(20)16-5-3-15(25)4-6-16/h3-6,9,12,14H,7,10-11H2,1-2H3,(H,32,33)(H,28,29,30)/t14-,24+. The number of aliphatic carboxylic acids is 1. The van der Waals surface area contributed by atoms with Crippen LogP contribution in [0.2, 0.25) is 0 Å². The van der Waals surface area contributed by atoms with Gasteiger partial charge in [-0.2, -0.15) is 10.4 Å². The summed E-state index contributed by atoms with van der Waals surface area (Å²) in [4.78, 5) is 16.2. The van der Waals surface area contributed by atoms with Crippen molar-refractivity contribution < 1.29 is 18.7 Å². The van der Waals surface area contributed by atoms with Gasteiger partial charge in [0.2, 0.25) is 5.67 Å². The number of aromatic nitrogens is 4. The second-order valence-electron chi connectivity index (χ2n) is 9.33. The zero-order valence-electron chi connectivity index (χ0n) is 18.1. The molecule has 0 amide bonds. The Morgan fingerprint density at radius 3 is 2.70 bits per heavy atom. The molecule has 1 aliphatic carbocycles. The Morgan fingerprint density at radius 1 is 1.36 bits per heavy atom. The monoisotopic (exact) mass is 449 g/mol. The molecule has 0 radical (unpaired) electrons. The van der Waals surface area contributed by atoms with Crippen LogP contribution in [0.15, 0.2) is 36.5 Å². The highest BCUT2D eigenvalue weighted by atomic mass is 19.1. The molecule has 33 heavy (non-hydrogen) atoms. The van der Waals surface area contributed by atoms with Gasteiger partial charge >= 0.3 is 5.97 Å². The molecule has 0 aliphatic heterocycles. The maximum Gasteiger partial charge on any atom is 0.341 e. The van der Waals surface area contributed by atoms with Crippen molar-refractivity contribution in [1.29, 1.82) is 5.26 Å². The molecule has 168 valence electrons. The van der Waals surface area contributed by atoms with Crippen LogP contribution in [0.1, 0.15) is 50.3 Å². The van der Waals surface area contributed by atoms with Crippen LogP contribution in [-0.2, 0) is 10.2 Å². The molecule has 1 aromatic carbocycles. The molecule has 2 N–H and O–H groups in total. The summed E-state index contributed by atoms with van der Waals surface area (Å²) in [7, 11) is 0. The summed E-state index contributed by atoms with van der Waals surface area (Å²) >= 11 is 0. The normalized spacial score (nSPS) is 20.6. The zero-order chi connectivity index (χ0) is 23.5. The van der Waals surface area contributed by atoms with E-state index in [0.29, 0.717) is 22.4 Å². The van der Waals surface area contributed by atoms with Gasteiger partial charge in [0.25, 0.3) is 0 Å². The second kappa shape index (κ2) is 7.10. The molecule has 3 heterocycles. The lowest BCUT2D eigenvalue weighted by Gasteiger charge is -2.39. The average molecular weight is 449 g/mol. The number of H-pyrrole nitrogens is 1. The fourth-order valence-electron chi connectivity index (χ4n) is 4.88. The van der Waals surface area contributed by atoms with Crippen LogP contribution in [0.5, 0.6) is 0 Å². The van der Waals surface area contributed by atoms with E-state index in [4.69, 9.17) is 4.98 Å². The number of carbonyl (C=O) groups is 1. The maximum atomic E-state index is 14.8. The molecular formula is C24H21F2N5O2. The van der Waals surface area contributed by atoms with Gasteiger partial charge in [0, 0.05) is 34.2 Å². The van der Waals surface area contributed by atoms with E-state index in [1.54, 1.807) is 18.3 Å². The van der Waals surface area contributed by atoms with E-state index in [1.807, 2.05) is 24.5 Å². The summed E-state index contributed by atoms with van der Waals surface area (Å²) in [6.07, 6.45) is 1.46. The first kappa shape index (κ1) is 21.1. The summed E-state index contributed by atoms with van der Waals surface area (Å²) in [5, 5.41) is 26.5. The Kier molecular flexibility index (Phi) is 4.53. The van der Waals surface area contributed by atoms with Crippen molar-refractivity contribution in [1.82, 2.24) is 19.7 Å². The van der Waals surface area contributed by atoms with Gasteiger partial charge in [0.05, 0.1) is 23.3 Å². The minimum absolute atomic E-state index is 0.170. The minimum Gasteiger partial charge on any atom is -0.479 e. The molecule has 7 nitrogen and oxygen atoms in total. The number of fused-ring (bicyclic) bond motifs is 2. The van der Waals surface area contributed by atoms with Crippen LogP contribution in [0.3, 0.4) is 0 Å². The van der Waals surface area contributed by atoms with E-state index in [0.717, 1.165) is 16.6 Å². The molecule has 0 atom stereocenters. The van der Waals surface area contributed by atoms with Crippen molar-refractivity contribution in [2.75, 3.05) is 0 Å². The Hall–Kier alpha value is -3.80. The van der Waals surface area contributed by atoms with Crippen LogP contribution in [0.4, 0.5) is 8.78 Å². The average Bonchev–Trinajstić information content (AvgIpc) is 3.32. The summed E-state index contributed by atoms with van der Waals surface area (Å²) < 4.78 is 30.4. The van der Waals surface area contributed by atoms with Crippen molar-refractivity contribution in [3.8, 4) is 11.8 Å². The van der Waals surface area contributed by atoms with Gasteiger partial charge in [-0.15, -0.1) is 0 Å². The molecule has 0 saturated heterocycles. The molecule has 9 heteroatoms. The van der Waals surface area contributed by atoms with Gasteiger partial charge in [0.1, 0.15) is 5.82 Å². The van der Waals surface area contributed by atoms with E-state index in [9.17, 15) is 23.9 Å². The lowest BCUT2D eigenvalue weighted by atomic mass is 9.67. The molecule has 1 aliphatic rings. The number of nitrogens with one attached hydrogen (secondary N) is 1. The smallest absolute Gasteiger partial charge is 0.341 e. The highest BCUT2D eigenvalue weighted by Crippen LogP contribution is 2.53. The number of benzene rings is 1. The highest BCUT2D eigenvalue weighted by Gasteiger charge is 2.54. The number of nitrogens with zero attached hydrogens (tertiary/aromatic N) is 4. The zero-order valence-corrected chi connectivity index (χ0v) is 18.1. The SMILES string of the molecule is CC(C)(CC#N)c1c([C@H]2C[C@](F)(C(=O)O)C2)c2nc3[nH]ncc3cc2n1-c1ccc(F)cc1. The predicted molar refractivity (Wildman–Crippen MR) is 117 cm³/mol. The molecule has 3 aromatic heterocycles. The van der Waals surface area contributed by atoms with Crippen molar-refractivity contribution in [2.45, 2.75) is 50.1 Å². The van der Waals surface area contributed by atoms with Crippen LogP contribution >= 0.6 is 0 Å². The predicted octanol–water partition coefficient (Wildman–Crippen LogP) is 4.90. The van der Waals surface area contributed by atoms with Crippen molar-refractivity contribution in [3.63, 3.8) is 0 Å². The number of aromatic amines is 1. The number of nitriles is 1. The molecule has 5 rings (SSSR count). The van der Waals surface area contributed by atoms with Crippen LogP contribution in [0.25, 0.3) is 27.8 Å². The first-order valence-corrected chi connectivity index (χ1v) is 10.6. The van der Waals surface area contributed by atoms with Gasteiger partial charge in [-0.3, -0.25) is 5.10 Å². The van der Waals surface area contributed by atoms with Crippen molar-refractivity contribution in [2.24, 2.45) is 0 Å². The summed E-state index contributed by atoms with van der Waals surface area (Å²) in [6, 6.07) is 10.1. The fourth-order valence-corrected chi connectivity index (χ4v) is 4.88. The van der Waals surface area contributed by atoms with Crippen molar-refractivity contribution >= 4 is 28.0 Å². The van der Waals surface area contributed by atoms with Crippen LogP contribution in [-0.4, -0.2) is 36.5 Å². The van der Waals surface area contributed by atoms with Crippen LogP contribution in [0, 0.1) is 17.1 Å². The molecular weight excluding hydrogens is 428 g/mol. The number of pyridine rings is 1. The third kappa shape index (κ3) is 3.17.